The minimum absolute atomic E-state index is 0. The summed E-state index contributed by atoms with van der Waals surface area (Å²) in [7, 11) is 1.75. The predicted octanol–water partition coefficient (Wildman–Crippen LogP) is 1.31. The van der Waals surface area contributed by atoms with E-state index in [2.05, 4.69) is 27.8 Å². The lowest BCUT2D eigenvalue weighted by Crippen LogP contribution is -2.47. The van der Waals surface area contributed by atoms with Crippen molar-refractivity contribution in [2.75, 3.05) is 39.6 Å². The second-order valence-electron chi connectivity index (χ2n) is 3.98. The molecule has 6 heteroatoms. The number of ether oxygens (including phenoxy) is 1. The third kappa shape index (κ3) is 5.67. The van der Waals surface area contributed by atoms with Crippen LogP contribution in [-0.2, 0) is 4.74 Å². The molecule has 18 heavy (non-hydrogen) atoms. The molecule has 0 spiro atoms. The van der Waals surface area contributed by atoms with E-state index in [-0.39, 0.29) is 28.7 Å². The molecule has 2 N–H and O–H groups in total. The van der Waals surface area contributed by atoms with Crippen LogP contribution in [0.4, 0.5) is 0 Å². The van der Waals surface area contributed by atoms with Crippen molar-refractivity contribution in [2.45, 2.75) is 17.6 Å². The fourth-order valence-corrected chi connectivity index (χ4v) is 2.59. The lowest BCUT2D eigenvalue weighted by Gasteiger charge is -2.36. The molecule has 0 saturated carbocycles. The van der Waals surface area contributed by atoms with Crippen LogP contribution >= 0.6 is 35.7 Å². The van der Waals surface area contributed by atoms with Gasteiger partial charge in [-0.05, 0) is 19.1 Å². The van der Waals surface area contributed by atoms with Crippen LogP contribution in [0.2, 0.25) is 0 Å². The monoisotopic (exact) mass is 383 g/mol. The maximum Gasteiger partial charge on any atom is 0.191 e. The van der Waals surface area contributed by atoms with Crippen molar-refractivity contribution in [3.8, 4) is 12.3 Å². The van der Waals surface area contributed by atoms with Gasteiger partial charge >= 0.3 is 0 Å². The smallest absolute Gasteiger partial charge is 0.191 e. The Morgan fingerprint density at radius 2 is 2.11 bits per heavy atom. The van der Waals surface area contributed by atoms with E-state index in [1.165, 1.54) is 0 Å². The quantitative estimate of drug-likeness (QED) is 0.333. The highest BCUT2D eigenvalue weighted by molar-refractivity contribution is 14.0. The molecule has 0 amide bonds. The lowest BCUT2D eigenvalue weighted by atomic mass is 9.99. The Balaban J connectivity index is 0.00000289. The summed E-state index contributed by atoms with van der Waals surface area (Å²) in [6.45, 7) is 3.08. The van der Waals surface area contributed by atoms with E-state index in [1.807, 2.05) is 11.8 Å². The van der Waals surface area contributed by atoms with Crippen molar-refractivity contribution in [1.29, 1.82) is 0 Å². The molecule has 0 aromatic carbocycles. The van der Waals surface area contributed by atoms with Crippen molar-refractivity contribution in [2.24, 2.45) is 4.99 Å². The summed E-state index contributed by atoms with van der Waals surface area (Å²) in [6.07, 6.45) is 9.52. The molecule has 0 bridgehead atoms. The van der Waals surface area contributed by atoms with Crippen LogP contribution in [0.1, 0.15) is 12.8 Å². The molecule has 0 radical (unpaired) electrons. The van der Waals surface area contributed by atoms with Crippen LogP contribution in [0.15, 0.2) is 4.99 Å². The van der Waals surface area contributed by atoms with E-state index in [9.17, 15) is 0 Å². The van der Waals surface area contributed by atoms with Crippen LogP contribution in [-0.4, -0.2) is 50.3 Å². The molecule has 1 heterocycles. The molecule has 0 unspecified atom stereocenters. The maximum atomic E-state index is 5.41. The summed E-state index contributed by atoms with van der Waals surface area (Å²) < 4.78 is 5.67. The predicted molar refractivity (Wildman–Crippen MR) is 89.9 cm³/mol. The number of aliphatic imine (C=N–C) groups is 1. The summed E-state index contributed by atoms with van der Waals surface area (Å²) >= 11 is 1.90. The molecule has 0 atom stereocenters. The highest BCUT2D eigenvalue weighted by Crippen LogP contribution is 2.32. The summed E-state index contributed by atoms with van der Waals surface area (Å²) in [5.41, 5.74) is 0. The van der Waals surface area contributed by atoms with Gasteiger partial charge in [-0.15, -0.1) is 30.4 Å². The van der Waals surface area contributed by atoms with Gasteiger partial charge in [0.15, 0.2) is 5.96 Å². The van der Waals surface area contributed by atoms with Gasteiger partial charge in [-0.1, -0.05) is 5.92 Å². The minimum atomic E-state index is 0. The fourth-order valence-electron chi connectivity index (χ4n) is 1.80. The van der Waals surface area contributed by atoms with Gasteiger partial charge in [0.05, 0.1) is 6.54 Å². The highest BCUT2D eigenvalue weighted by Gasteiger charge is 2.31. The standard InChI is InChI=1S/C12H21N3OS.HI/c1-4-7-14-11(13-2)15-10-12(17-3)5-8-16-9-6-12;/h1H,5-10H2,2-3H3,(H2,13,14,15);1H. The Morgan fingerprint density at radius 1 is 1.44 bits per heavy atom. The normalized spacial score (nSPS) is 18.4. The highest BCUT2D eigenvalue weighted by atomic mass is 127. The second-order valence-corrected chi connectivity index (χ2v) is 5.26. The number of guanidine groups is 1. The largest absolute Gasteiger partial charge is 0.381 e. The first-order valence-electron chi connectivity index (χ1n) is 5.77. The zero-order chi connectivity index (χ0) is 12.6. The molecule has 1 rings (SSSR count). The zero-order valence-corrected chi connectivity index (χ0v) is 14.1. The average molecular weight is 383 g/mol. The summed E-state index contributed by atoms with van der Waals surface area (Å²) in [5.74, 6) is 3.30. The molecule has 0 aromatic heterocycles. The van der Waals surface area contributed by atoms with Crippen molar-refractivity contribution < 1.29 is 4.74 Å². The van der Waals surface area contributed by atoms with E-state index in [1.54, 1.807) is 7.05 Å². The first kappa shape index (κ1) is 17.9. The zero-order valence-electron chi connectivity index (χ0n) is 11.0. The topological polar surface area (TPSA) is 45.7 Å². The van der Waals surface area contributed by atoms with E-state index >= 15 is 0 Å². The van der Waals surface area contributed by atoms with E-state index in [0.29, 0.717) is 6.54 Å². The van der Waals surface area contributed by atoms with Gasteiger partial charge in [0.2, 0.25) is 0 Å². The Morgan fingerprint density at radius 3 is 2.61 bits per heavy atom. The van der Waals surface area contributed by atoms with Crippen molar-refractivity contribution >= 4 is 41.7 Å². The number of terminal acetylenes is 1. The van der Waals surface area contributed by atoms with Gasteiger partial charge in [0.25, 0.3) is 0 Å². The molecule has 1 fully saturated rings. The number of nitrogens with one attached hydrogen (secondary N) is 2. The summed E-state index contributed by atoms with van der Waals surface area (Å²) in [4.78, 5) is 4.13. The van der Waals surface area contributed by atoms with Gasteiger partial charge in [-0.3, -0.25) is 4.99 Å². The van der Waals surface area contributed by atoms with Crippen molar-refractivity contribution in [3.63, 3.8) is 0 Å². The molecule has 0 aromatic rings. The van der Waals surface area contributed by atoms with Gasteiger partial charge in [-0.2, -0.15) is 11.8 Å². The number of halogens is 1. The molecular formula is C12H22IN3OS. The molecule has 1 aliphatic rings. The maximum absolute atomic E-state index is 5.41. The number of rotatable bonds is 4. The van der Waals surface area contributed by atoms with Crippen LogP contribution < -0.4 is 10.6 Å². The second kappa shape index (κ2) is 9.75. The van der Waals surface area contributed by atoms with Crippen LogP contribution in [0.3, 0.4) is 0 Å². The fraction of sp³-hybridized carbons (Fsp3) is 0.750. The van der Waals surface area contributed by atoms with Gasteiger partial charge in [0, 0.05) is 31.6 Å². The first-order chi connectivity index (χ1) is 8.26. The molecular weight excluding hydrogens is 361 g/mol. The number of hydrogen-bond donors (Lipinski definition) is 2. The molecule has 0 aliphatic carbocycles. The Hall–Kier alpha value is -0.130. The Bertz CT molecular complexity index is 298. The van der Waals surface area contributed by atoms with Crippen LogP contribution in [0.25, 0.3) is 0 Å². The van der Waals surface area contributed by atoms with Crippen LogP contribution in [0, 0.1) is 12.3 Å². The lowest BCUT2D eigenvalue weighted by molar-refractivity contribution is 0.0783. The first-order valence-corrected chi connectivity index (χ1v) is 7.00. The third-order valence-electron chi connectivity index (χ3n) is 3.00. The van der Waals surface area contributed by atoms with E-state index in [0.717, 1.165) is 38.6 Å². The van der Waals surface area contributed by atoms with Gasteiger partial charge in [-0.25, -0.2) is 0 Å². The minimum Gasteiger partial charge on any atom is -0.381 e. The molecule has 1 saturated heterocycles. The van der Waals surface area contributed by atoms with E-state index in [4.69, 9.17) is 11.2 Å². The van der Waals surface area contributed by atoms with Crippen molar-refractivity contribution in [3.05, 3.63) is 0 Å². The van der Waals surface area contributed by atoms with Gasteiger partial charge < -0.3 is 15.4 Å². The molecule has 4 nitrogen and oxygen atoms in total. The van der Waals surface area contributed by atoms with E-state index < -0.39 is 0 Å². The third-order valence-corrected chi connectivity index (χ3v) is 4.42. The summed E-state index contributed by atoms with van der Waals surface area (Å²) in [6, 6.07) is 0. The number of nitrogens with zero attached hydrogens (tertiary/aromatic N) is 1. The Kier molecular flexibility index (Phi) is 9.68. The Labute approximate surface area is 131 Å². The van der Waals surface area contributed by atoms with Gasteiger partial charge in [0.1, 0.15) is 0 Å². The number of hydrogen-bond acceptors (Lipinski definition) is 3. The van der Waals surface area contributed by atoms with Crippen molar-refractivity contribution in [1.82, 2.24) is 10.6 Å². The molecule has 104 valence electrons. The van der Waals surface area contributed by atoms with Crippen LogP contribution in [0.5, 0.6) is 0 Å². The summed E-state index contributed by atoms with van der Waals surface area (Å²) in [5, 5.41) is 6.39. The molecule has 1 aliphatic heterocycles. The SMILES string of the molecule is C#CCNC(=NC)NCC1(SC)CCOCC1.I. The number of thioether (sulfide) groups is 1. The average Bonchev–Trinajstić information content (AvgIpc) is 2.40.